The Labute approximate surface area is 114 Å². The fourth-order valence-corrected chi connectivity index (χ4v) is 2.78. The van der Waals surface area contributed by atoms with Crippen LogP contribution in [0.2, 0.25) is 0 Å². The van der Waals surface area contributed by atoms with Crippen LogP contribution in [0.25, 0.3) is 0 Å². The summed E-state index contributed by atoms with van der Waals surface area (Å²) in [5, 5.41) is 4.33. The van der Waals surface area contributed by atoms with E-state index in [1.807, 2.05) is 18.7 Å². The Morgan fingerprint density at radius 3 is 2.84 bits per heavy atom. The van der Waals surface area contributed by atoms with Crippen molar-refractivity contribution in [1.82, 2.24) is 14.7 Å². The zero-order valence-electron chi connectivity index (χ0n) is 12.1. The molecule has 1 fully saturated rings. The van der Waals surface area contributed by atoms with E-state index in [1.165, 1.54) is 6.42 Å². The van der Waals surface area contributed by atoms with Gasteiger partial charge in [0.15, 0.2) is 0 Å². The number of amides is 1. The van der Waals surface area contributed by atoms with Crippen molar-refractivity contribution < 1.29 is 4.79 Å². The molecule has 2 N–H and O–H groups in total. The first-order valence-electron chi connectivity index (χ1n) is 7.20. The number of likely N-dealkylation sites (tertiary alicyclic amines) is 1. The number of hydrogen-bond acceptors (Lipinski definition) is 3. The van der Waals surface area contributed by atoms with Gasteiger partial charge in [-0.2, -0.15) is 5.10 Å². The average molecular weight is 264 g/mol. The smallest absolute Gasteiger partial charge is 0.274 e. The van der Waals surface area contributed by atoms with Gasteiger partial charge in [0.1, 0.15) is 5.69 Å². The predicted octanol–water partition coefficient (Wildman–Crippen LogP) is 2.06. The Morgan fingerprint density at radius 2 is 2.21 bits per heavy atom. The molecule has 1 atom stereocenters. The van der Waals surface area contributed by atoms with Gasteiger partial charge >= 0.3 is 0 Å². The van der Waals surface area contributed by atoms with Gasteiger partial charge < -0.3 is 10.6 Å². The zero-order chi connectivity index (χ0) is 14.0. The summed E-state index contributed by atoms with van der Waals surface area (Å²) in [4.78, 5) is 14.6. The topological polar surface area (TPSA) is 64.2 Å². The van der Waals surface area contributed by atoms with Crippen molar-refractivity contribution in [3.63, 3.8) is 0 Å². The molecule has 0 saturated carbocycles. The number of carbonyl (C=O) groups is 1. The van der Waals surface area contributed by atoms with Crippen molar-refractivity contribution in [2.45, 2.75) is 46.6 Å². The minimum Gasteiger partial charge on any atom is -0.395 e. The number of anilines is 1. The maximum Gasteiger partial charge on any atom is 0.274 e. The number of rotatable bonds is 3. The molecule has 0 spiro atoms. The van der Waals surface area contributed by atoms with Crippen LogP contribution < -0.4 is 5.73 Å². The number of nitrogen functional groups attached to an aromatic ring is 1. The second kappa shape index (κ2) is 5.63. The number of nitrogens with zero attached hydrogens (tertiary/aromatic N) is 3. The molecule has 1 aromatic heterocycles. The van der Waals surface area contributed by atoms with E-state index in [0.29, 0.717) is 23.8 Å². The fourth-order valence-electron chi connectivity index (χ4n) is 2.78. The summed E-state index contributed by atoms with van der Waals surface area (Å²) in [7, 11) is 0. The molecule has 1 unspecified atom stereocenters. The van der Waals surface area contributed by atoms with Gasteiger partial charge in [-0.3, -0.25) is 9.48 Å². The molecule has 0 aliphatic carbocycles. The molecule has 1 aliphatic rings. The quantitative estimate of drug-likeness (QED) is 0.908. The van der Waals surface area contributed by atoms with Crippen LogP contribution in [0, 0.1) is 12.8 Å². The van der Waals surface area contributed by atoms with Crippen LogP contribution in [-0.2, 0) is 6.54 Å². The molecule has 5 heteroatoms. The molecule has 106 valence electrons. The Hall–Kier alpha value is -1.52. The second-order valence-corrected chi connectivity index (χ2v) is 5.33. The average Bonchev–Trinajstić information content (AvgIpc) is 2.73. The standard InChI is InChI=1S/C14H24N4O/c1-4-11-7-6-8-17(9-11)14(19)13-12(15)10(3)16-18(13)5-2/h11H,4-9,15H2,1-3H3. The van der Waals surface area contributed by atoms with Gasteiger partial charge in [0.2, 0.25) is 0 Å². The summed E-state index contributed by atoms with van der Waals surface area (Å²) in [6.45, 7) is 8.38. The molecule has 0 bridgehead atoms. The minimum absolute atomic E-state index is 0.0399. The van der Waals surface area contributed by atoms with Gasteiger partial charge in [-0.25, -0.2) is 0 Å². The SMILES string of the molecule is CCC1CCCN(C(=O)c2c(N)c(C)nn2CC)C1. The van der Waals surface area contributed by atoms with Crippen LogP contribution in [0.15, 0.2) is 0 Å². The van der Waals surface area contributed by atoms with E-state index in [9.17, 15) is 4.79 Å². The van der Waals surface area contributed by atoms with E-state index in [-0.39, 0.29) is 5.91 Å². The Kier molecular flexibility index (Phi) is 4.12. The van der Waals surface area contributed by atoms with Gasteiger partial charge in [-0.15, -0.1) is 0 Å². The highest BCUT2D eigenvalue weighted by atomic mass is 16.2. The lowest BCUT2D eigenvalue weighted by molar-refractivity contribution is 0.0660. The Morgan fingerprint density at radius 1 is 1.47 bits per heavy atom. The first-order chi connectivity index (χ1) is 9.08. The van der Waals surface area contributed by atoms with Crippen molar-refractivity contribution >= 4 is 11.6 Å². The molecule has 2 heterocycles. The second-order valence-electron chi connectivity index (χ2n) is 5.33. The molecule has 1 saturated heterocycles. The van der Waals surface area contributed by atoms with Gasteiger partial charge in [-0.05, 0) is 32.6 Å². The van der Waals surface area contributed by atoms with Crippen molar-refractivity contribution in [2.75, 3.05) is 18.8 Å². The van der Waals surface area contributed by atoms with Crippen LogP contribution in [0.5, 0.6) is 0 Å². The lowest BCUT2D eigenvalue weighted by atomic mass is 9.95. The van der Waals surface area contributed by atoms with E-state index in [4.69, 9.17) is 5.73 Å². The van der Waals surface area contributed by atoms with E-state index in [0.717, 1.165) is 31.6 Å². The number of piperidine rings is 1. The summed E-state index contributed by atoms with van der Waals surface area (Å²) < 4.78 is 1.72. The van der Waals surface area contributed by atoms with Crippen molar-refractivity contribution in [3.05, 3.63) is 11.4 Å². The maximum absolute atomic E-state index is 12.7. The Bertz CT molecular complexity index is 466. The summed E-state index contributed by atoms with van der Waals surface area (Å²) in [6.07, 6.45) is 3.44. The molecule has 1 amide bonds. The van der Waals surface area contributed by atoms with E-state index >= 15 is 0 Å². The first kappa shape index (κ1) is 13.9. The molecule has 5 nitrogen and oxygen atoms in total. The highest BCUT2D eigenvalue weighted by molar-refractivity contribution is 5.98. The lowest BCUT2D eigenvalue weighted by Crippen LogP contribution is -2.40. The monoisotopic (exact) mass is 264 g/mol. The number of aromatic nitrogens is 2. The molecular weight excluding hydrogens is 240 g/mol. The van der Waals surface area contributed by atoms with Crippen LogP contribution in [0.3, 0.4) is 0 Å². The molecule has 19 heavy (non-hydrogen) atoms. The van der Waals surface area contributed by atoms with Crippen molar-refractivity contribution in [3.8, 4) is 0 Å². The fraction of sp³-hybridized carbons (Fsp3) is 0.714. The van der Waals surface area contributed by atoms with E-state index < -0.39 is 0 Å². The number of nitrogens with two attached hydrogens (primary N) is 1. The van der Waals surface area contributed by atoms with Crippen molar-refractivity contribution in [2.24, 2.45) is 5.92 Å². The highest BCUT2D eigenvalue weighted by Gasteiger charge is 2.28. The molecular formula is C14H24N4O. The lowest BCUT2D eigenvalue weighted by Gasteiger charge is -2.32. The molecule has 1 aliphatic heterocycles. The van der Waals surface area contributed by atoms with Crippen LogP contribution in [0.1, 0.15) is 49.3 Å². The van der Waals surface area contributed by atoms with Crippen molar-refractivity contribution in [1.29, 1.82) is 0 Å². The maximum atomic E-state index is 12.7. The van der Waals surface area contributed by atoms with Gasteiger partial charge in [-0.1, -0.05) is 13.3 Å². The molecule has 1 aromatic rings. The first-order valence-corrected chi connectivity index (χ1v) is 7.20. The molecule has 0 radical (unpaired) electrons. The van der Waals surface area contributed by atoms with Crippen LogP contribution >= 0.6 is 0 Å². The van der Waals surface area contributed by atoms with E-state index in [1.54, 1.807) is 4.68 Å². The van der Waals surface area contributed by atoms with Gasteiger partial charge in [0, 0.05) is 19.6 Å². The third kappa shape index (κ3) is 2.60. The summed E-state index contributed by atoms with van der Waals surface area (Å²) in [5.74, 6) is 0.663. The largest absolute Gasteiger partial charge is 0.395 e. The molecule has 0 aromatic carbocycles. The zero-order valence-corrected chi connectivity index (χ0v) is 12.1. The van der Waals surface area contributed by atoms with E-state index in [2.05, 4.69) is 12.0 Å². The summed E-state index contributed by atoms with van der Waals surface area (Å²) in [5.41, 5.74) is 7.87. The predicted molar refractivity (Wildman–Crippen MR) is 76.0 cm³/mol. The third-order valence-corrected chi connectivity index (χ3v) is 4.06. The number of carbonyl (C=O) groups excluding carboxylic acids is 1. The third-order valence-electron chi connectivity index (χ3n) is 4.06. The summed E-state index contributed by atoms with van der Waals surface area (Å²) in [6, 6.07) is 0. The van der Waals surface area contributed by atoms with Crippen LogP contribution in [0.4, 0.5) is 5.69 Å². The van der Waals surface area contributed by atoms with Gasteiger partial charge in [0.05, 0.1) is 11.4 Å². The van der Waals surface area contributed by atoms with Gasteiger partial charge in [0.25, 0.3) is 5.91 Å². The number of aryl methyl sites for hydroxylation is 2. The Balaban J connectivity index is 2.24. The van der Waals surface area contributed by atoms with Crippen LogP contribution in [-0.4, -0.2) is 33.7 Å². The minimum atomic E-state index is 0.0399. The summed E-state index contributed by atoms with van der Waals surface area (Å²) >= 11 is 0. The molecule has 2 rings (SSSR count). The normalized spacial score (nSPS) is 19.7. The highest BCUT2D eigenvalue weighted by Crippen LogP contribution is 2.24. The number of hydrogen-bond donors (Lipinski definition) is 1.